The molecule has 2 aliphatic carbocycles. The van der Waals surface area contributed by atoms with Gasteiger partial charge in [-0.3, -0.25) is 4.79 Å². The van der Waals surface area contributed by atoms with Crippen molar-refractivity contribution < 1.29 is 9.53 Å². The molecule has 0 aromatic carbocycles. The normalized spacial score (nSPS) is 37.0. The summed E-state index contributed by atoms with van der Waals surface area (Å²) in [5.41, 5.74) is 2.54. The number of fused-ring (bicyclic) bond motifs is 1. The number of rotatable bonds is 5. The molecule has 2 nitrogen and oxygen atoms in total. The Hall–Kier alpha value is -0.760. The van der Waals surface area contributed by atoms with Gasteiger partial charge in [-0.25, -0.2) is 0 Å². The second kappa shape index (κ2) is 7.64. The molecule has 2 rings (SSSR count). The van der Waals surface area contributed by atoms with Crippen LogP contribution in [0.1, 0.15) is 65.7 Å². The average Bonchev–Trinajstić information content (AvgIpc) is 2.53. The van der Waals surface area contributed by atoms with E-state index >= 15 is 0 Å². The lowest BCUT2D eigenvalue weighted by molar-refractivity contribution is -0.168. The highest BCUT2D eigenvalue weighted by molar-refractivity contribution is 6.18. The van der Waals surface area contributed by atoms with Crippen LogP contribution in [0.15, 0.2) is 23.8 Å². The van der Waals surface area contributed by atoms with E-state index in [1.165, 1.54) is 24.7 Å². The van der Waals surface area contributed by atoms with Crippen LogP contribution in [0.2, 0.25) is 0 Å². The molecule has 0 bridgehead atoms. The average molecular weight is 353 g/mol. The molecule has 2 aliphatic rings. The zero-order chi connectivity index (χ0) is 18.0. The summed E-state index contributed by atoms with van der Waals surface area (Å²) in [5.74, 6) is 1.43. The molecule has 0 spiro atoms. The number of halogens is 1. The Bertz CT molecular complexity index is 524. The van der Waals surface area contributed by atoms with Crippen molar-refractivity contribution in [3.05, 3.63) is 23.8 Å². The molecule has 0 amide bonds. The highest BCUT2D eigenvalue weighted by atomic mass is 35.5. The Morgan fingerprint density at radius 2 is 2.12 bits per heavy atom. The van der Waals surface area contributed by atoms with Crippen LogP contribution in [-0.4, -0.2) is 19.0 Å². The smallest absolute Gasteiger partial charge is 0.311 e. The van der Waals surface area contributed by atoms with Gasteiger partial charge < -0.3 is 4.74 Å². The van der Waals surface area contributed by atoms with Crippen molar-refractivity contribution in [2.24, 2.45) is 22.7 Å². The van der Waals surface area contributed by atoms with Crippen LogP contribution in [-0.2, 0) is 9.53 Å². The summed E-state index contributed by atoms with van der Waals surface area (Å²) in [6.45, 7) is 11.1. The van der Waals surface area contributed by atoms with Gasteiger partial charge >= 0.3 is 5.97 Å². The zero-order valence-electron chi connectivity index (χ0n) is 15.8. The van der Waals surface area contributed by atoms with E-state index in [0.717, 1.165) is 38.5 Å². The summed E-state index contributed by atoms with van der Waals surface area (Å²) in [6.07, 6.45) is 9.61. The first-order valence-corrected chi connectivity index (χ1v) is 9.80. The summed E-state index contributed by atoms with van der Waals surface area (Å²) < 4.78 is 5.19. The Labute approximate surface area is 152 Å². The fourth-order valence-corrected chi connectivity index (χ4v) is 5.83. The molecule has 0 radical (unpaired) electrons. The number of ether oxygens (including phenoxy) is 1. The summed E-state index contributed by atoms with van der Waals surface area (Å²) in [6, 6.07) is 0. The van der Waals surface area contributed by atoms with Crippen LogP contribution >= 0.6 is 11.6 Å². The van der Waals surface area contributed by atoms with Gasteiger partial charge in [-0.05, 0) is 69.6 Å². The third-order valence-corrected chi connectivity index (χ3v) is 7.08. The maximum Gasteiger partial charge on any atom is 0.311 e. The van der Waals surface area contributed by atoms with E-state index in [9.17, 15) is 4.79 Å². The van der Waals surface area contributed by atoms with Gasteiger partial charge in [-0.15, -0.1) is 11.6 Å². The van der Waals surface area contributed by atoms with Gasteiger partial charge in [0.1, 0.15) is 0 Å². The Kier molecular flexibility index (Phi) is 6.23. The monoisotopic (exact) mass is 352 g/mol. The molecule has 3 heteroatoms. The topological polar surface area (TPSA) is 26.3 Å². The molecule has 2 fully saturated rings. The highest BCUT2D eigenvalue weighted by Gasteiger charge is 2.57. The van der Waals surface area contributed by atoms with Crippen molar-refractivity contribution in [2.75, 3.05) is 13.0 Å². The maximum atomic E-state index is 12.6. The van der Waals surface area contributed by atoms with E-state index in [4.69, 9.17) is 16.3 Å². The minimum absolute atomic E-state index is 0.0251. The molecule has 4 atom stereocenters. The van der Waals surface area contributed by atoms with Crippen molar-refractivity contribution in [1.29, 1.82) is 0 Å². The summed E-state index contributed by atoms with van der Waals surface area (Å²) in [5, 5.41) is 0. The first-order valence-electron chi connectivity index (χ1n) is 9.27. The third kappa shape index (κ3) is 3.45. The van der Waals surface area contributed by atoms with Gasteiger partial charge in [-0.1, -0.05) is 37.1 Å². The lowest BCUT2D eigenvalue weighted by Crippen LogP contribution is -2.53. The van der Waals surface area contributed by atoms with E-state index in [-0.39, 0.29) is 16.8 Å². The predicted octanol–water partition coefficient (Wildman–Crippen LogP) is 5.90. The summed E-state index contributed by atoms with van der Waals surface area (Å²) in [4.78, 5) is 12.6. The fraction of sp³-hybridized carbons (Fsp3) is 0.762. The first kappa shape index (κ1) is 19.6. The van der Waals surface area contributed by atoms with Crippen molar-refractivity contribution in [2.45, 2.75) is 65.7 Å². The molecule has 0 unspecified atom stereocenters. The second-order valence-electron chi connectivity index (χ2n) is 8.31. The molecule has 0 aliphatic heterocycles. The van der Waals surface area contributed by atoms with E-state index < -0.39 is 0 Å². The molecule has 24 heavy (non-hydrogen) atoms. The van der Waals surface area contributed by atoms with Crippen molar-refractivity contribution in [1.82, 2.24) is 0 Å². The fourth-order valence-electron chi connectivity index (χ4n) is 5.57. The van der Waals surface area contributed by atoms with Crippen LogP contribution in [0, 0.1) is 22.7 Å². The minimum atomic E-state index is -0.346. The number of hydrogen-bond donors (Lipinski definition) is 0. The lowest BCUT2D eigenvalue weighted by Gasteiger charge is -2.57. The van der Waals surface area contributed by atoms with Crippen molar-refractivity contribution in [3.8, 4) is 0 Å². The molecule has 0 aromatic rings. The van der Waals surface area contributed by atoms with Gasteiger partial charge in [0.2, 0.25) is 0 Å². The second-order valence-corrected chi connectivity index (χ2v) is 8.62. The van der Waals surface area contributed by atoms with Gasteiger partial charge in [0.05, 0.1) is 12.5 Å². The van der Waals surface area contributed by atoms with Crippen LogP contribution in [0.4, 0.5) is 0 Å². The first-order chi connectivity index (χ1) is 11.3. The van der Waals surface area contributed by atoms with Gasteiger partial charge in [0.25, 0.3) is 0 Å². The summed E-state index contributed by atoms with van der Waals surface area (Å²) >= 11 is 5.83. The number of alkyl halides is 1. The highest BCUT2D eigenvalue weighted by Crippen LogP contribution is 2.62. The molecule has 136 valence electrons. The number of carbonyl (C=O) groups is 1. The quantitative estimate of drug-likeness (QED) is 0.349. The zero-order valence-corrected chi connectivity index (χ0v) is 16.5. The van der Waals surface area contributed by atoms with Crippen LogP contribution in [0.3, 0.4) is 0 Å². The van der Waals surface area contributed by atoms with Gasteiger partial charge in [0.15, 0.2) is 0 Å². The molecular weight excluding hydrogens is 320 g/mol. The molecule has 0 heterocycles. The predicted molar refractivity (Wildman–Crippen MR) is 101 cm³/mol. The largest absolute Gasteiger partial charge is 0.469 e. The van der Waals surface area contributed by atoms with E-state index in [0.29, 0.717) is 17.7 Å². The van der Waals surface area contributed by atoms with E-state index in [1.807, 2.05) is 0 Å². The van der Waals surface area contributed by atoms with E-state index in [1.54, 1.807) is 0 Å². The minimum Gasteiger partial charge on any atom is -0.469 e. The number of hydrogen-bond acceptors (Lipinski definition) is 2. The van der Waals surface area contributed by atoms with Crippen molar-refractivity contribution >= 4 is 17.6 Å². The lowest BCUT2D eigenvalue weighted by atomic mass is 9.46. The molecule has 0 aromatic heterocycles. The Balaban J connectivity index is 2.27. The Morgan fingerprint density at radius 3 is 2.75 bits per heavy atom. The van der Waals surface area contributed by atoms with Gasteiger partial charge in [0, 0.05) is 5.88 Å². The molecule has 2 saturated carbocycles. The van der Waals surface area contributed by atoms with E-state index in [2.05, 4.69) is 33.4 Å². The van der Waals surface area contributed by atoms with Crippen LogP contribution in [0.5, 0.6) is 0 Å². The standard InChI is InChI=1S/C21H33ClO2/c1-15(11-14-22)7-9-17-16(2)8-10-18-20(17,3)12-6-13-21(18,4)19(23)24-5/h11,17-18H,2,6-10,12-14H2,1,3-5H3/b15-11+/t17-,18+,20+,21-/m0/s1. The van der Waals surface area contributed by atoms with Crippen LogP contribution < -0.4 is 0 Å². The maximum absolute atomic E-state index is 12.6. The number of esters is 1. The number of allylic oxidation sites excluding steroid dienone is 3. The SMILES string of the molecule is C=C1CC[C@@H]2[C@](C)(CCC[C@]2(C)C(=O)OC)[C@H]1CC/C(C)=C/CCl. The molecule has 0 N–H and O–H groups in total. The Morgan fingerprint density at radius 1 is 1.42 bits per heavy atom. The summed E-state index contributed by atoms with van der Waals surface area (Å²) in [7, 11) is 1.53. The van der Waals surface area contributed by atoms with Gasteiger partial charge in [-0.2, -0.15) is 0 Å². The molecular formula is C21H33ClO2. The van der Waals surface area contributed by atoms with Crippen molar-refractivity contribution in [3.63, 3.8) is 0 Å². The van der Waals surface area contributed by atoms with Crippen LogP contribution in [0.25, 0.3) is 0 Å². The third-order valence-electron chi connectivity index (χ3n) is 6.92. The number of methoxy groups -OCH3 is 1. The molecule has 0 saturated heterocycles. The number of carbonyl (C=O) groups excluding carboxylic acids is 1.